The fourth-order valence-corrected chi connectivity index (χ4v) is 3.34. The summed E-state index contributed by atoms with van der Waals surface area (Å²) in [4.78, 5) is 12.5. The average molecular weight is 384 g/mol. The molecular formula is C22H17FN6. The van der Waals surface area contributed by atoms with E-state index in [-0.39, 0.29) is 23.2 Å². The quantitative estimate of drug-likeness (QED) is 0.539. The van der Waals surface area contributed by atoms with Gasteiger partial charge in [-0.3, -0.25) is 4.98 Å². The zero-order valence-electron chi connectivity index (χ0n) is 15.6. The lowest BCUT2D eigenvalue weighted by Crippen LogP contribution is -2.12. The van der Waals surface area contributed by atoms with Crippen molar-refractivity contribution in [3.05, 3.63) is 78.0 Å². The van der Waals surface area contributed by atoms with Gasteiger partial charge in [0.05, 0.1) is 11.6 Å². The molecule has 4 rings (SSSR count). The third kappa shape index (κ3) is 3.44. The molecule has 2 heterocycles. The summed E-state index contributed by atoms with van der Waals surface area (Å²) in [6.45, 7) is 1.92. The Hall–Kier alpha value is -4.05. The van der Waals surface area contributed by atoms with Crippen LogP contribution in [0.25, 0.3) is 22.0 Å². The molecule has 0 fully saturated rings. The molecule has 0 unspecified atom stereocenters. The molecular weight excluding hydrogens is 367 g/mol. The average Bonchev–Trinajstić information content (AvgIpc) is 2.73. The van der Waals surface area contributed by atoms with Crippen LogP contribution in [0.15, 0.2) is 61.1 Å². The molecule has 0 aliphatic carbocycles. The van der Waals surface area contributed by atoms with E-state index >= 15 is 0 Å². The third-order valence-corrected chi connectivity index (χ3v) is 4.73. The molecule has 3 N–H and O–H groups in total. The number of anilines is 2. The van der Waals surface area contributed by atoms with Crippen molar-refractivity contribution in [2.45, 2.75) is 13.0 Å². The van der Waals surface area contributed by atoms with E-state index in [0.717, 1.165) is 16.7 Å². The number of fused-ring (bicyclic) bond motifs is 1. The van der Waals surface area contributed by atoms with Crippen LogP contribution in [0.4, 0.5) is 16.0 Å². The minimum absolute atomic E-state index is 0.110. The largest absolute Gasteiger partial charge is 0.382 e. The molecule has 0 aliphatic heterocycles. The van der Waals surface area contributed by atoms with Crippen molar-refractivity contribution >= 4 is 22.5 Å². The summed E-state index contributed by atoms with van der Waals surface area (Å²) in [5, 5.41) is 13.3. The van der Waals surface area contributed by atoms with Crippen LogP contribution in [-0.2, 0) is 0 Å². The normalized spacial score (nSPS) is 11.8. The maximum absolute atomic E-state index is 14.0. The van der Waals surface area contributed by atoms with E-state index < -0.39 is 0 Å². The number of pyridine rings is 1. The van der Waals surface area contributed by atoms with Crippen LogP contribution in [0.1, 0.15) is 24.1 Å². The van der Waals surface area contributed by atoms with E-state index in [0.29, 0.717) is 16.7 Å². The number of benzene rings is 2. The summed E-state index contributed by atoms with van der Waals surface area (Å²) >= 11 is 0. The second kappa shape index (κ2) is 7.52. The van der Waals surface area contributed by atoms with Crippen LogP contribution in [0.5, 0.6) is 0 Å². The Morgan fingerprint density at radius 1 is 1.10 bits per heavy atom. The van der Waals surface area contributed by atoms with Gasteiger partial charge in [0, 0.05) is 17.1 Å². The Kier molecular flexibility index (Phi) is 4.75. The van der Waals surface area contributed by atoms with Crippen molar-refractivity contribution in [2.24, 2.45) is 0 Å². The summed E-state index contributed by atoms with van der Waals surface area (Å²) in [6, 6.07) is 16.0. The van der Waals surface area contributed by atoms with Crippen molar-refractivity contribution in [3.8, 4) is 17.2 Å². The van der Waals surface area contributed by atoms with E-state index in [1.54, 1.807) is 12.3 Å². The van der Waals surface area contributed by atoms with Gasteiger partial charge in [-0.05, 0) is 36.2 Å². The number of nitriles is 1. The number of nitrogens with zero attached hydrogens (tertiary/aromatic N) is 4. The summed E-state index contributed by atoms with van der Waals surface area (Å²) in [5.74, 6) is 0.120. The highest BCUT2D eigenvalue weighted by Gasteiger charge is 2.19. The number of rotatable bonds is 4. The number of aromatic nitrogens is 3. The van der Waals surface area contributed by atoms with Gasteiger partial charge in [0.1, 0.15) is 35.4 Å². The first-order chi connectivity index (χ1) is 14.1. The highest BCUT2D eigenvalue weighted by molar-refractivity contribution is 5.96. The fraction of sp³-hybridized carbons (Fsp3) is 0.0909. The van der Waals surface area contributed by atoms with Gasteiger partial charge < -0.3 is 11.1 Å². The van der Waals surface area contributed by atoms with Crippen LogP contribution in [0.2, 0.25) is 0 Å². The van der Waals surface area contributed by atoms with Crippen LogP contribution < -0.4 is 11.1 Å². The first-order valence-corrected chi connectivity index (χ1v) is 8.99. The smallest absolute Gasteiger partial charge is 0.150 e. The van der Waals surface area contributed by atoms with Gasteiger partial charge in [-0.25, -0.2) is 14.4 Å². The molecule has 142 valence electrons. The van der Waals surface area contributed by atoms with Crippen molar-refractivity contribution in [1.82, 2.24) is 15.0 Å². The molecule has 7 heteroatoms. The Bertz CT molecular complexity index is 1230. The summed E-state index contributed by atoms with van der Waals surface area (Å²) in [6.07, 6.45) is 3.06. The molecule has 0 radical (unpaired) electrons. The van der Waals surface area contributed by atoms with E-state index in [9.17, 15) is 9.65 Å². The predicted octanol–water partition coefficient (Wildman–Crippen LogP) is 4.46. The molecule has 0 saturated heterocycles. The van der Waals surface area contributed by atoms with E-state index in [4.69, 9.17) is 5.73 Å². The summed E-state index contributed by atoms with van der Waals surface area (Å²) in [5.41, 5.74) is 9.33. The van der Waals surface area contributed by atoms with E-state index in [2.05, 4.69) is 20.3 Å². The fourth-order valence-electron chi connectivity index (χ4n) is 3.34. The number of halogens is 1. The maximum atomic E-state index is 14.0. The Morgan fingerprint density at radius 3 is 2.66 bits per heavy atom. The van der Waals surface area contributed by atoms with Gasteiger partial charge in [0.15, 0.2) is 0 Å². The van der Waals surface area contributed by atoms with Gasteiger partial charge in [-0.2, -0.15) is 5.26 Å². The molecule has 0 aliphatic rings. The zero-order chi connectivity index (χ0) is 20.4. The lowest BCUT2D eigenvalue weighted by Gasteiger charge is -2.20. The van der Waals surface area contributed by atoms with Crippen molar-refractivity contribution in [1.29, 1.82) is 5.26 Å². The molecule has 0 bridgehead atoms. The van der Waals surface area contributed by atoms with Crippen molar-refractivity contribution in [3.63, 3.8) is 0 Å². The number of nitrogens with two attached hydrogens (primary N) is 1. The second-order valence-corrected chi connectivity index (χ2v) is 6.58. The highest BCUT2D eigenvalue weighted by atomic mass is 19.1. The summed E-state index contributed by atoms with van der Waals surface area (Å²) < 4.78 is 14.0. The first kappa shape index (κ1) is 18.3. The van der Waals surface area contributed by atoms with Crippen LogP contribution in [0.3, 0.4) is 0 Å². The number of nitrogen functional groups attached to an aromatic ring is 1. The molecule has 4 aromatic rings. The molecule has 1 atom stereocenters. The van der Waals surface area contributed by atoms with Crippen LogP contribution in [-0.4, -0.2) is 15.0 Å². The molecule has 29 heavy (non-hydrogen) atoms. The zero-order valence-corrected chi connectivity index (χ0v) is 15.6. The Balaban J connectivity index is 1.88. The van der Waals surface area contributed by atoms with Crippen molar-refractivity contribution < 1.29 is 4.39 Å². The van der Waals surface area contributed by atoms with Gasteiger partial charge in [-0.1, -0.05) is 30.3 Å². The van der Waals surface area contributed by atoms with Gasteiger partial charge in [0.25, 0.3) is 0 Å². The maximum Gasteiger partial charge on any atom is 0.150 e. The van der Waals surface area contributed by atoms with E-state index in [1.807, 2.05) is 43.3 Å². The molecule has 6 nitrogen and oxygen atoms in total. The van der Waals surface area contributed by atoms with Crippen molar-refractivity contribution in [2.75, 3.05) is 11.1 Å². The number of hydrogen-bond acceptors (Lipinski definition) is 6. The van der Waals surface area contributed by atoms with Gasteiger partial charge in [-0.15, -0.1) is 0 Å². The predicted molar refractivity (Wildman–Crippen MR) is 110 cm³/mol. The Labute approximate surface area is 166 Å². The molecule has 0 saturated carbocycles. The summed E-state index contributed by atoms with van der Waals surface area (Å²) in [7, 11) is 0. The second-order valence-electron chi connectivity index (χ2n) is 6.58. The molecule has 0 amide bonds. The lowest BCUT2D eigenvalue weighted by molar-refractivity contribution is 0.629. The number of hydrogen-bond donors (Lipinski definition) is 2. The van der Waals surface area contributed by atoms with Crippen LogP contribution >= 0.6 is 0 Å². The first-order valence-electron chi connectivity index (χ1n) is 8.99. The van der Waals surface area contributed by atoms with E-state index in [1.165, 1.54) is 18.5 Å². The number of nitrogens with one attached hydrogen (secondary N) is 1. The van der Waals surface area contributed by atoms with Crippen LogP contribution in [0, 0.1) is 17.1 Å². The third-order valence-electron chi connectivity index (χ3n) is 4.73. The topological polar surface area (TPSA) is 101 Å². The SMILES string of the molecule is C[C@@H](Nc1ncnc(N)c1C#N)c1cnc2ccc(F)cc2c1-c1ccccc1. The lowest BCUT2D eigenvalue weighted by atomic mass is 9.93. The standard InChI is InChI=1S/C22H17FN6/c1-13(29-22-17(10-24)21(25)27-12-28-22)18-11-26-19-8-7-15(23)9-16(19)20(18)14-5-3-2-4-6-14/h2-9,11-13H,1H3,(H3,25,27,28,29)/t13-/m1/s1. The molecule has 2 aromatic heterocycles. The minimum atomic E-state index is -0.329. The molecule has 0 spiro atoms. The highest BCUT2D eigenvalue weighted by Crippen LogP contribution is 2.36. The monoisotopic (exact) mass is 384 g/mol. The van der Waals surface area contributed by atoms with Gasteiger partial charge in [0.2, 0.25) is 0 Å². The minimum Gasteiger partial charge on any atom is -0.382 e. The van der Waals surface area contributed by atoms with Gasteiger partial charge >= 0.3 is 0 Å². The molecule has 2 aromatic carbocycles. The Morgan fingerprint density at radius 2 is 1.90 bits per heavy atom.